The second-order valence-corrected chi connectivity index (χ2v) is 8.04. The van der Waals surface area contributed by atoms with Crippen molar-refractivity contribution in [3.05, 3.63) is 46.4 Å². The Balaban J connectivity index is 1.40. The number of amides is 1. The third-order valence-corrected chi connectivity index (χ3v) is 6.19. The molecule has 0 bridgehead atoms. The highest BCUT2D eigenvalue weighted by Gasteiger charge is 2.30. The molecule has 1 aliphatic carbocycles. The maximum atomic E-state index is 14.2. The largest absolute Gasteiger partial charge is 0.348 e. The standard InChI is InChI=1S/C21H27FN4O2/c22-17-8-4-5-9-18(17)26-19(23-24-21(26)28)14-15-10-12-25(13-11-15)20(27)16-6-2-1-3-7-16/h4-5,8-9,15-16H,1-3,6-7,10-14H2,(H,24,28). The van der Waals surface area contributed by atoms with Gasteiger partial charge in [-0.3, -0.25) is 4.79 Å². The fraction of sp³-hybridized carbons (Fsp3) is 0.571. The van der Waals surface area contributed by atoms with Gasteiger partial charge in [0.15, 0.2) is 0 Å². The van der Waals surface area contributed by atoms with Crippen molar-refractivity contribution in [3.63, 3.8) is 0 Å². The average molecular weight is 386 g/mol. The van der Waals surface area contributed by atoms with Crippen LogP contribution < -0.4 is 5.69 Å². The molecule has 4 rings (SSSR count). The van der Waals surface area contributed by atoms with Crippen molar-refractivity contribution in [3.8, 4) is 5.69 Å². The molecule has 1 saturated heterocycles. The molecule has 0 spiro atoms. The van der Waals surface area contributed by atoms with E-state index >= 15 is 0 Å². The molecule has 1 amide bonds. The summed E-state index contributed by atoms with van der Waals surface area (Å²) in [4.78, 5) is 26.9. The van der Waals surface area contributed by atoms with E-state index in [4.69, 9.17) is 0 Å². The summed E-state index contributed by atoms with van der Waals surface area (Å²) in [5.74, 6) is 0.965. The van der Waals surface area contributed by atoms with Gasteiger partial charge in [0.25, 0.3) is 0 Å². The number of rotatable bonds is 4. The van der Waals surface area contributed by atoms with Crippen LogP contribution >= 0.6 is 0 Å². The van der Waals surface area contributed by atoms with E-state index in [9.17, 15) is 14.0 Å². The van der Waals surface area contributed by atoms with Crippen LogP contribution in [0.5, 0.6) is 0 Å². The molecule has 1 aliphatic heterocycles. The lowest BCUT2D eigenvalue weighted by molar-refractivity contribution is -0.138. The Kier molecular flexibility index (Phi) is 5.59. The maximum absolute atomic E-state index is 14.2. The smallest absolute Gasteiger partial charge is 0.342 e. The van der Waals surface area contributed by atoms with Crippen LogP contribution in [0.1, 0.15) is 50.8 Å². The Hall–Kier alpha value is -2.44. The van der Waals surface area contributed by atoms with Crippen molar-refractivity contribution < 1.29 is 9.18 Å². The Morgan fingerprint density at radius 3 is 2.54 bits per heavy atom. The molecule has 0 atom stereocenters. The number of nitrogens with one attached hydrogen (secondary N) is 1. The van der Waals surface area contributed by atoms with Crippen LogP contribution in [0.3, 0.4) is 0 Å². The van der Waals surface area contributed by atoms with Crippen molar-refractivity contribution in [1.82, 2.24) is 19.7 Å². The Morgan fingerprint density at radius 1 is 1.11 bits per heavy atom. The summed E-state index contributed by atoms with van der Waals surface area (Å²) < 4.78 is 15.5. The molecular weight excluding hydrogens is 359 g/mol. The highest BCUT2D eigenvalue weighted by atomic mass is 19.1. The third kappa shape index (κ3) is 3.88. The van der Waals surface area contributed by atoms with Gasteiger partial charge in [0, 0.05) is 25.4 Å². The first-order chi connectivity index (χ1) is 13.6. The maximum Gasteiger partial charge on any atom is 0.348 e. The first kappa shape index (κ1) is 18.9. The number of aromatic amines is 1. The Morgan fingerprint density at radius 2 is 1.82 bits per heavy atom. The minimum Gasteiger partial charge on any atom is -0.342 e. The topological polar surface area (TPSA) is 71.0 Å². The van der Waals surface area contributed by atoms with Crippen molar-refractivity contribution in [2.75, 3.05) is 13.1 Å². The summed E-state index contributed by atoms with van der Waals surface area (Å²) in [5.41, 5.74) is -0.203. The lowest BCUT2D eigenvalue weighted by Crippen LogP contribution is -2.42. The van der Waals surface area contributed by atoms with E-state index in [0.29, 0.717) is 24.1 Å². The van der Waals surface area contributed by atoms with Crippen LogP contribution in [0.15, 0.2) is 29.1 Å². The number of nitrogens with zero attached hydrogens (tertiary/aromatic N) is 3. The summed E-state index contributed by atoms with van der Waals surface area (Å²) >= 11 is 0. The molecule has 2 fully saturated rings. The summed E-state index contributed by atoms with van der Waals surface area (Å²) in [5, 5.41) is 6.58. The summed E-state index contributed by atoms with van der Waals surface area (Å²) in [7, 11) is 0. The second-order valence-electron chi connectivity index (χ2n) is 8.04. The number of hydrogen-bond donors (Lipinski definition) is 1. The quantitative estimate of drug-likeness (QED) is 0.878. The van der Waals surface area contributed by atoms with Gasteiger partial charge in [0.05, 0.1) is 5.69 Å². The fourth-order valence-electron chi connectivity index (χ4n) is 4.57. The summed E-state index contributed by atoms with van der Waals surface area (Å²) in [6, 6.07) is 6.23. The number of piperidine rings is 1. The fourth-order valence-corrected chi connectivity index (χ4v) is 4.57. The van der Waals surface area contributed by atoms with Gasteiger partial charge in [-0.25, -0.2) is 18.9 Å². The van der Waals surface area contributed by atoms with Gasteiger partial charge in [-0.05, 0) is 43.7 Å². The molecule has 0 unspecified atom stereocenters. The molecule has 2 aliphatic rings. The number of para-hydroxylation sites is 1. The van der Waals surface area contributed by atoms with Crippen molar-refractivity contribution in [1.29, 1.82) is 0 Å². The van der Waals surface area contributed by atoms with E-state index < -0.39 is 11.5 Å². The predicted octanol–water partition coefficient (Wildman–Crippen LogP) is 3.06. The minimum atomic E-state index is -0.444. The van der Waals surface area contributed by atoms with Crippen LogP contribution in [0.4, 0.5) is 4.39 Å². The van der Waals surface area contributed by atoms with E-state index in [1.165, 1.54) is 29.9 Å². The number of hydrogen-bond acceptors (Lipinski definition) is 3. The number of carbonyl (C=O) groups is 1. The molecule has 1 aromatic heterocycles. The van der Waals surface area contributed by atoms with E-state index in [1.54, 1.807) is 18.2 Å². The lowest BCUT2D eigenvalue weighted by atomic mass is 9.86. The van der Waals surface area contributed by atoms with Gasteiger partial charge in [-0.1, -0.05) is 31.4 Å². The van der Waals surface area contributed by atoms with E-state index in [2.05, 4.69) is 10.2 Å². The number of halogens is 1. The molecular formula is C21H27FN4O2. The van der Waals surface area contributed by atoms with Gasteiger partial charge < -0.3 is 4.90 Å². The zero-order chi connectivity index (χ0) is 19.5. The zero-order valence-electron chi connectivity index (χ0n) is 16.1. The highest BCUT2D eigenvalue weighted by Crippen LogP contribution is 2.28. The SMILES string of the molecule is O=C(C1CCCCC1)N1CCC(Cc2n[nH]c(=O)n2-c2ccccc2F)CC1. The lowest BCUT2D eigenvalue weighted by Gasteiger charge is -2.35. The molecule has 2 aromatic rings. The highest BCUT2D eigenvalue weighted by molar-refractivity contribution is 5.79. The normalized spacial score (nSPS) is 19.1. The first-order valence-electron chi connectivity index (χ1n) is 10.3. The number of likely N-dealkylation sites (tertiary alicyclic amines) is 1. The minimum absolute atomic E-state index is 0.211. The molecule has 6 nitrogen and oxygen atoms in total. The first-order valence-corrected chi connectivity index (χ1v) is 10.3. The zero-order valence-corrected chi connectivity index (χ0v) is 16.1. The van der Waals surface area contributed by atoms with E-state index in [1.807, 2.05) is 4.90 Å². The van der Waals surface area contributed by atoms with Crippen LogP contribution in [0.2, 0.25) is 0 Å². The Bertz CT molecular complexity index is 877. The average Bonchev–Trinajstić information content (AvgIpc) is 3.09. The second kappa shape index (κ2) is 8.29. The van der Waals surface area contributed by atoms with E-state index in [-0.39, 0.29) is 11.6 Å². The van der Waals surface area contributed by atoms with Gasteiger partial charge in [0.2, 0.25) is 5.91 Å². The number of carbonyl (C=O) groups excluding carboxylic acids is 1. The number of H-pyrrole nitrogens is 1. The molecule has 2 heterocycles. The van der Waals surface area contributed by atoms with Crippen molar-refractivity contribution in [2.45, 2.75) is 51.4 Å². The van der Waals surface area contributed by atoms with Gasteiger partial charge in [-0.15, -0.1) is 0 Å². The third-order valence-electron chi connectivity index (χ3n) is 6.19. The summed E-state index contributed by atoms with van der Waals surface area (Å²) in [6.45, 7) is 1.52. The van der Waals surface area contributed by atoms with Crippen LogP contribution in [-0.2, 0) is 11.2 Å². The van der Waals surface area contributed by atoms with E-state index in [0.717, 1.165) is 38.8 Å². The molecule has 1 saturated carbocycles. The van der Waals surface area contributed by atoms with Crippen LogP contribution in [-0.4, -0.2) is 38.7 Å². The predicted molar refractivity (Wildman–Crippen MR) is 104 cm³/mol. The van der Waals surface area contributed by atoms with Gasteiger partial charge in [0.1, 0.15) is 11.6 Å². The number of benzene rings is 1. The number of aromatic nitrogens is 3. The van der Waals surface area contributed by atoms with Gasteiger partial charge >= 0.3 is 5.69 Å². The monoisotopic (exact) mass is 386 g/mol. The molecule has 7 heteroatoms. The molecule has 1 N–H and O–H groups in total. The molecule has 28 heavy (non-hydrogen) atoms. The van der Waals surface area contributed by atoms with Crippen LogP contribution in [0, 0.1) is 17.7 Å². The molecule has 1 aromatic carbocycles. The van der Waals surface area contributed by atoms with Crippen LogP contribution in [0.25, 0.3) is 5.69 Å². The Labute approximate surface area is 163 Å². The van der Waals surface area contributed by atoms with Crippen molar-refractivity contribution >= 4 is 5.91 Å². The van der Waals surface area contributed by atoms with Gasteiger partial charge in [-0.2, -0.15) is 5.10 Å². The molecule has 0 radical (unpaired) electrons. The molecule has 150 valence electrons. The summed E-state index contributed by atoms with van der Waals surface area (Å²) in [6.07, 6.45) is 8.01. The van der Waals surface area contributed by atoms with Crippen molar-refractivity contribution in [2.24, 2.45) is 11.8 Å².